The molecule has 0 saturated carbocycles. The van der Waals surface area contributed by atoms with Crippen LogP contribution in [0.3, 0.4) is 0 Å². The van der Waals surface area contributed by atoms with Gasteiger partial charge in [-0.3, -0.25) is 9.59 Å². The molecule has 2 aromatic rings. The Bertz CT molecular complexity index is 845. The van der Waals surface area contributed by atoms with E-state index in [9.17, 15) is 9.59 Å². The van der Waals surface area contributed by atoms with Crippen LogP contribution in [0, 0.1) is 13.8 Å². The molecule has 28 heavy (non-hydrogen) atoms. The fraction of sp³-hybridized carbons (Fsp3) is 0.333. The van der Waals surface area contributed by atoms with Crippen LogP contribution in [0.5, 0.6) is 5.75 Å². The summed E-state index contributed by atoms with van der Waals surface area (Å²) in [6.45, 7) is 9.67. The standard InChI is InChI=1S/C15H21NO2.C9H10O/c1-10(2)13(9-15(17)16-4)14-8-12(18-5)7-6-11(14)3;1-7-3-5-9(6-4-7)8(2)10/h6-8H,9H2,1-5H3,(H,16,17);3-6H,1-2H3. The summed E-state index contributed by atoms with van der Waals surface area (Å²) >= 11 is 0. The summed E-state index contributed by atoms with van der Waals surface area (Å²) in [6.07, 6.45) is 0.396. The van der Waals surface area contributed by atoms with Crippen molar-refractivity contribution in [1.82, 2.24) is 5.32 Å². The number of hydrogen-bond acceptors (Lipinski definition) is 3. The van der Waals surface area contributed by atoms with Crippen LogP contribution < -0.4 is 10.1 Å². The normalized spacial score (nSPS) is 9.68. The average molecular weight is 382 g/mol. The van der Waals surface area contributed by atoms with Crippen LogP contribution in [-0.4, -0.2) is 25.8 Å². The lowest BCUT2D eigenvalue weighted by Crippen LogP contribution is -2.18. The smallest absolute Gasteiger partial charge is 0.224 e. The lowest BCUT2D eigenvalue weighted by atomic mass is 9.94. The first-order valence-electron chi connectivity index (χ1n) is 9.29. The molecule has 0 bridgehead atoms. The molecule has 0 aliphatic rings. The zero-order valence-electron chi connectivity index (χ0n) is 18.0. The Morgan fingerprint density at radius 2 is 1.57 bits per heavy atom. The topological polar surface area (TPSA) is 55.4 Å². The van der Waals surface area contributed by atoms with Crippen LogP contribution in [0.15, 0.2) is 48.0 Å². The van der Waals surface area contributed by atoms with E-state index in [2.05, 4.69) is 5.32 Å². The Kier molecular flexibility index (Phi) is 9.16. The lowest BCUT2D eigenvalue weighted by Gasteiger charge is -2.14. The molecule has 0 heterocycles. The number of allylic oxidation sites excluding steroid dienone is 1. The predicted molar refractivity (Wildman–Crippen MR) is 116 cm³/mol. The highest BCUT2D eigenvalue weighted by Gasteiger charge is 2.12. The highest BCUT2D eigenvalue weighted by Crippen LogP contribution is 2.28. The average Bonchev–Trinajstić information content (AvgIpc) is 2.67. The first kappa shape index (κ1) is 23.2. The zero-order valence-corrected chi connectivity index (χ0v) is 18.0. The summed E-state index contributed by atoms with van der Waals surface area (Å²) in [4.78, 5) is 22.3. The van der Waals surface area contributed by atoms with Crippen molar-refractivity contribution in [3.05, 3.63) is 70.3 Å². The summed E-state index contributed by atoms with van der Waals surface area (Å²) in [5.41, 5.74) is 6.41. The van der Waals surface area contributed by atoms with E-state index in [4.69, 9.17) is 4.74 Å². The molecule has 0 atom stereocenters. The summed E-state index contributed by atoms with van der Waals surface area (Å²) in [7, 11) is 3.30. The van der Waals surface area contributed by atoms with Gasteiger partial charge in [0.05, 0.1) is 13.5 Å². The molecule has 2 aromatic carbocycles. The van der Waals surface area contributed by atoms with Gasteiger partial charge in [0.2, 0.25) is 5.91 Å². The number of methoxy groups -OCH3 is 1. The number of carbonyl (C=O) groups excluding carboxylic acids is 2. The quantitative estimate of drug-likeness (QED) is 0.731. The van der Waals surface area contributed by atoms with Crippen LogP contribution in [0.1, 0.15) is 54.2 Å². The fourth-order valence-corrected chi connectivity index (χ4v) is 2.63. The lowest BCUT2D eigenvalue weighted by molar-refractivity contribution is -0.119. The summed E-state index contributed by atoms with van der Waals surface area (Å²) < 4.78 is 5.25. The molecule has 0 aliphatic carbocycles. The molecular weight excluding hydrogens is 350 g/mol. The molecule has 0 aromatic heterocycles. The van der Waals surface area contributed by atoms with E-state index in [1.165, 1.54) is 5.56 Å². The SMILES string of the molecule is CC(=O)c1ccc(C)cc1.CNC(=O)CC(=C(C)C)c1cc(OC)ccc1C. The number of aryl methyl sites for hydroxylation is 2. The van der Waals surface area contributed by atoms with Crippen molar-refractivity contribution in [2.24, 2.45) is 0 Å². The molecule has 2 rings (SSSR count). The van der Waals surface area contributed by atoms with Crippen LogP contribution in [0.25, 0.3) is 5.57 Å². The van der Waals surface area contributed by atoms with E-state index in [-0.39, 0.29) is 11.7 Å². The number of ketones is 1. The maximum atomic E-state index is 11.6. The molecule has 0 saturated heterocycles. The highest BCUT2D eigenvalue weighted by molar-refractivity contribution is 5.94. The van der Waals surface area contributed by atoms with E-state index in [1.807, 2.05) is 70.2 Å². The third-order valence-corrected chi connectivity index (χ3v) is 4.45. The third-order valence-electron chi connectivity index (χ3n) is 4.45. The largest absolute Gasteiger partial charge is 0.497 e. The molecule has 0 unspecified atom stereocenters. The highest BCUT2D eigenvalue weighted by atomic mass is 16.5. The van der Waals surface area contributed by atoms with Crippen molar-refractivity contribution < 1.29 is 14.3 Å². The van der Waals surface area contributed by atoms with Crippen molar-refractivity contribution in [1.29, 1.82) is 0 Å². The number of amides is 1. The minimum atomic E-state index is 0.0217. The van der Waals surface area contributed by atoms with Crippen molar-refractivity contribution in [3.63, 3.8) is 0 Å². The number of nitrogens with one attached hydrogen (secondary N) is 1. The van der Waals surface area contributed by atoms with Crippen LogP contribution in [0.4, 0.5) is 0 Å². The molecule has 0 radical (unpaired) electrons. The van der Waals surface area contributed by atoms with Gasteiger partial charge in [0.25, 0.3) is 0 Å². The van der Waals surface area contributed by atoms with Gasteiger partial charge in [0.15, 0.2) is 5.78 Å². The van der Waals surface area contributed by atoms with Crippen molar-refractivity contribution in [2.75, 3.05) is 14.2 Å². The van der Waals surface area contributed by atoms with E-state index in [1.54, 1.807) is 21.1 Å². The van der Waals surface area contributed by atoms with Crippen LogP contribution in [-0.2, 0) is 4.79 Å². The zero-order chi connectivity index (χ0) is 21.3. The Morgan fingerprint density at radius 3 is 2.04 bits per heavy atom. The van der Waals surface area contributed by atoms with Gasteiger partial charge in [-0.1, -0.05) is 41.5 Å². The second kappa shape index (κ2) is 11.1. The second-order valence-corrected chi connectivity index (χ2v) is 6.93. The van der Waals surface area contributed by atoms with Gasteiger partial charge in [-0.25, -0.2) is 0 Å². The number of ether oxygens (including phenoxy) is 1. The van der Waals surface area contributed by atoms with Gasteiger partial charge in [-0.05, 0) is 63.5 Å². The molecule has 0 spiro atoms. The second-order valence-electron chi connectivity index (χ2n) is 6.93. The number of Topliss-reactive ketones (excluding diaryl/α,β-unsaturated/α-hetero) is 1. The maximum absolute atomic E-state index is 11.6. The molecule has 0 fully saturated rings. The summed E-state index contributed by atoms with van der Waals surface area (Å²) in [5.74, 6) is 0.958. The van der Waals surface area contributed by atoms with Gasteiger partial charge in [0.1, 0.15) is 5.75 Å². The Morgan fingerprint density at radius 1 is 0.964 bits per heavy atom. The van der Waals surface area contributed by atoms with Crippen molar-refractivity contribution in [3.8, 4) is 5.75 Å². The monoisotopic (exact) mass is 381 g/mol. The number of rotatable bonds is 5. The van der Waals surface area contributed by atoms with Gasteiger partial charge in [-0.15, -0.1) is 0 Å². The predicted octanol–water partition coefficient (Wildman–Crippen LogP) is 5.13. The Labute approximate surface area is 168 Å². The summed E-state index contributed by atoms with van der Waals surface area (Å²) in [5, 5.41) is 2.66. The number of hydrogen-bond donors (Lipinski definition) is 1. The molecular formula is C24H31NO3. The first-order chi connectivity index (χ1) is 13.2. The Hall–Kier alpha value is -2.88. The molecule has 1 N–H and O–H groups in total. The van der Waals surface area contributed by atoms with E-state index >= 15 is 0 Å². The van der Waals surface area contributed by atoms with Gasteiger partial charge >= 0.3 is 0 Å². The minimum Gasteiger partial charge on any atom is -0.497 e. The van der Waals surface area contributed by atoms with Crippen LogP contribution >= 0.6 is 0 Å². The van der Waals surface area contributed by atoms with E-state index < -0.39 is 0 Å². The Balaban J connectivity index is 0.000000330. The molecule has 0 aliphatic heterocycles. The van der Waals surface area contributed by atoms with Gasteiger partial charge in [-0.2, -0.15) is 0 Å². The van der Waals surface area contributed by atoms with Crippen LogP contribution in [0.2, 0.25) is 0 Å². The van der Waals surface area contributed by atoms with E-state index in [0.29, 0.717) is 6.42 Å². The maximum Gasteiger partial charge on any atom is 0.224 e. The summed E-state index contributed by atoms with van der Waals surface area (Å²) in [6, 6.07) is 13.5. The number of benzene rings is 2. The molecule has 4 nitrogen and oxygen atoms in total. The first-order valence-corrected chi connectivity index (χ1v) is 9.29. The fourth-order valence-electron chi connectivity index (χ4n) is 2.63. The number of carbonyl (C=O) groups is 2. The van der Waals surface area contributed by atoms with Crippen molar-refractivity contribution >= 4 is 17.3 Å². The van der Waals surface area contributed by atoms with Gasteiger partial charge in [0, 0.05) is 12.6 Å². The molecule has 1 amide bonds. The third kappa shape index (κ3) is 7.03. The molecule has 4 heteroatoms. The minimum absolute atomic E-state index is 0.0217. The van der Waals surface area contributed by atoms with Gasteiger partial charge < -0.3 is 10.1 Å². The molecule has 150 valence electrons. The van der Waals surface area contributed by atoms with E-state index in [0.717, 1.165) is 33.6 Å². The van der Waals surface area contributed by atoms with Crippen molar-refractivity contribution in [2.45, 2.75) is 41.0 Å².